The van der Waals surface area contributed by atoms with Crippen LogP contribution in [-0.2, 0) is 14.4 Å². The number of imide groups is 1. The molecule has 3 atom stereocenters. The van der Waals surface area contributed by atoms with Crippen molar-refractivity contribution in [1.29, 1.82) is 0 Å². The maximum Gasteiger partial charge on any atom is 0.266 e. The minimum Gasteiger partial charge on any atom is -0.496 e. The summed E-state index contributed by atoms with van der Waals surface area (Å²) in [5, 5.41) is 1.61. The van der Waals surface area contributed by atoms with E-state index in [-0.39, 0.29) is 5.91 Å². The van der Waals surface area contributed by atoms with Gasteiger partial charge in [-0.3, -0.25) is 14.4 Å². The highest BCUT2D eigenvalue weighted by Gasteiger charge is 2.61. The van der Waals surface area contributed by atoms with Gasteiger partial charge in [-0.15, -0.1) is 0 Å². The lowest BCUT2D eigenvalue weighted by molar-refractivity contribution is -0.126. The molecule has 9 heteroatoms. The molecule has 0 spiro atoms. The highest BCUT2D eigenvalue weighted by molar-refractivity contribution is 6.24. The molecule has 2 aliphatic heterocycles. The van der Waals surface area contributed by atoms with Gasteiger partial charge >= 0.3 is 0 Å². The van der Waals surface area contributed by atoms with Crippen molar-refractivity contribution in [2.45, 2.75) is 19.1 Å². The molecule has 192 valence electrons. The minimum absolute atomic E-state index is 0.371. The zero-order chi connectivity index (χ0) is 26.1. The molecule has 0 unspecified atom stereocenters. The van der Waals surface area contributed by atoms with Gasteiger partial charge in [0, 0.05) is 17.7 Å². The Morgan fingerprint density at radius 1 is 0.784 bits per heavy atom. The Hall–Kier alpha value is -4.24. The lowest BCUT2D eigenvalue weighted by Crippen LogP contribution is -2.37. The number of benzene rings is 3. The van der Waals surface area contributed by atoms with E-state index >= 15 is 0 Å². The molecule has 2 fully saturated rings. The molecule has 3 aromatic carbocycles. The molecule has 2 amide bonds. The summed E-state index contributed by atoms with van der Waals surface area (Å²) in [6.45, 7) is 2.34. The average molecular weight is 505 g/mol. The molecule has 0 bridgehead atoms. The first kappa shape index (κ1) is 24.5. The molecule has 37 heavy (non-hydrogen) atoms. The molecule has 2 heterocycles. The number of rotatable bonds is 8. The van der Waals surface area contributed by atoms with Crippen molar-refractivity contribution in [3.63, 3.8) is 0 Å². The summed E-state index contributed by atoms with van der Waals surface area (Å²) in [6.07, 6.45) is -1.02. The summed E-state index contributed by atoms with van der Waals surface area (Å²) >= 11 is 0. The number of nitrogens with zero attached hydrogens (tertiary/aromatic N) is 2. The van der Waals surface area contributed by atoms with E-state index in [9.17, 15) is 9.59 Å². The second-order valence-electron chi connectivity index (χ2n) is 8.55. The molecule has 2 saturated heterocycles. The van der Waals surface area contributed by atoms with E-state index in [0.29, 0.717) is 46.5 Å². The van der Waals surface area contributed by atoms with Crippen LogP contribution in [-0.4, -0.2) is 45.9 Å². The number of carbonyl (C=O) groups excluding carboxylic acids is 2. The predicted molar refractivity (Wildman–Crippen MR) is 136 cm³/mol. The van der Waals surface area contributed by atoms with Crippen molar-refractivity contribution in [2.75, 3.05) is 37.9 Å². The lowest BCUT2D eigenvalue weighted by Gasteiger charge is -2.30. The van der Waals surface area contributed by atoms with E-state index in [2.05, 4.69) is 0 Å². The maximum atomic E-state index is 14.0. The molecule has 0 radical (unpaired) electrons. The van der Waals surface area contributed by atoms with Crippen LogP contribution in [0, 0.1) is 5.92 Å². The van der Waals surface area contributed by atoms with Crippen LogP contribution in [0.4, 0.5) is 11.4 Å². The average Bonchev–Trinajstić information content (AvgIpc) is 3.44. The third kappa shape index (κ3) is 4.11. The van der Waals surface area contributed by atoms with Crippen LogP contribution in [0.5, 0.6) is 23.0 Å². The third-order valence-electron chi connectivity index (χ3n) is 6.57. The number of para-hydroxylation sites is 1. The van der Waals surface area contributed by atoms with Crippen LogP contribution in [0.2, 0.25) is 0 Å². The Kier molecular flexibility index (Phi) is 6.62. The smallest absolute Gasteiger partial charge is 0.266 e. The van der Waals surface area contributed by atoms with E-state index in [1.54, 1.807) is 41.5 Å². The van der Waals surface area contributed by atoms with Gasteiger partial charge < -0.3 is 18.9 Å². The fourth-order valence-corrected chi connectivity index (χ4v) is 4.95. The molecule has 5 rings (SSSR count). The quantitative estimate of drug-likeness (QED) is 0.423. The molecular weight excluding hydrogens is 476 g/mol. The minimum atomic E-state index is -1.02. The number of carbonyl (C=O) groups is 2. The van der Waals surface area contributed by atoms with Crippen molar-refractivity contribution >= 4 is 23.2 Å². The van der Waals surface area contributed by atoms with Crippen molar-refractivity contribution in [3.8, 4) is 23.0 Å². The van der Waals surface area contributed by atoms with Crippen molar-refractivity contribution in [3.05, 3.63) is 72.3 Å². The zero-order valence-corrected chi connectivity index (χ0v) is 21.0. The number of hydrogen-bond acceptors (Lipinski definition) is 8. The Labute approximate surface area is 215 Å². The Morgan fingerprint density at radius 2 is 1.46 bits per heavy atom. The molecule has 2 aliphatic rings. The van der Waals surface area contributed by atoms with Gasteiger partial charge in [0.05, 0.1) is 39.3 Å². The van der Waals surface area contributed by atoms with E-state index in [1.165, 1.54) is 26.2 Å². The van der Waals surface area contributed by atoms with Gasteiger partial charge in [-0.25, -0.2) is 9.96 Å². The van der Waals surface area contributed by atoms with Crippen LogP contribution >= 0.6 is 0 Å². The van der Waals surface area contributed by atoms with Gasteiger partial charge in [0.2, 0.25) is 5.91 Å². The number of hydroxylamine groups is 1. The Bertz CT molecular complexity index is 1310. The Balaban J connectivity index is 1.63. The van der Waals surface area contributed by atoms with Gasteiger partial charge in [-0.2, -0.15) is 0 Å². The molecule has 9 nitrogen and oxygen atoms in total. The number of hydrogen-bond donors (Lipinski definition) is 0. The summed E-state index contributed by atoms with van der Waals surface area (Å²) < 4.78 is 22.3. The Morgan fingerprint density at radius 3 is 2.14 bits per heavy atom. The topological polar surface area (TPSA) is 86.8 Å². The van der Waals surface area contributed by atoms with Gasteiger partial charge in [0.1, 0.15) is 23.5 Å². The molecular formula is C28H28N2O7. The van der Waals surface area contributed by atoms with E-state index in [0.717, 1.165) is 0 Å². The molecule has 3 aromatic rings. The van der Waals surface area contributed by atoms with Crippen LogP contribution in [0.25, 0.3) is 0 Å². The van der Waals surface area contributed by atoms with Crippen LogP contribution in [0.15, 0.2) is 66.7 Å². The van der Waals surface area contributed by atoms with Gasteiger partial charge in [-0.1, -0.05) is 24.3 Å². The first-order valence-corrected chi connectivity index (χ1v) is 11.9. The number of amides is 2. The second kappa shape index (κ2) is 10.0. The van der Waals surface area contributed by atoms with Crippen LogP contribution < -0.4 is 28.9 Å². The largest absolute Gasteiger partial charge is 0.496 e. The summed E-state index contributed by atoms with van der Waals surface area (Å²) in [5.74, 6) is 0.346. The van der Waals surface area contributed by atoms with Crippen molar-refractivity contribution in [2.24, 2.45) is 5.92 Å². The normalized spacial score (nSPS) is 20.7. The third-order valence-corrected chi connectivity index (χ3v) is 6.57. The first-order valence-electron chi connectivity index (χ1n) is 11.9. The summed E-state index contributed by atoms with van der Waals surface area (Å²) in [6, 6.07) is 19.0. The van der Waals surface area contributed by atoms with E-state index < -0.39 is 24.0 Å². The van der Waals surface area contributed by atoms with Gasteiger partial charge in [0.25, 0.3) is 5.91 Å². The SMILES string of the molecule is CCOc1cccc(N2C(=O)[C@H]3[C@H](ON(c4ccccc4)[C@H]3c3cc(OC)c(OC)cc3OC)C2=O)c1. The number of ether oxygens (including phenoxy) is 4. The number of methoxy groups -OCH3 is 3. The van der Waals surface area contributed by atoms with E-state index in [1.807, 2.05) is 37.3 Å². The van der Waals surface area contributed by atoms with Crippen molar-refractivity contribution in [1.82, 2.24) is 0 Å². The second-order valence-corrected chi connectivity index (χ2v) is 8.55. The van der Waals surface area contributed by atoms with Gasteiger partial charge in [-0.05, 0) is 37.3 Å². The lowest BCUT2D eigenvalue weighted by atomic mass is 9.89. The number of anilines is 2. The zero-order valence-electron chi connectivity index (χ0n) is 21.0. The molecule has 0 aromatic heterocycles. The monoisotopic (exact) mass is 504 g/mol. The standard InChI is InChI=1S/C28H28N2O7/c1-5-36-19-13-9-12-18(14-19)29-27(31)24-25(20-15-22(34-3)23(35-4)16-21(20)33-2)30(37-26(24)28(29)32)17-10-7-6-8-11-17/h6-16,24-26H,5H2,1-4H3/t24-,25+,26+/m1/s1. The fraction of sp³-hybridized carbons (Fsp3) is 0.286. The highest BCUT2D eigenvalue weighted by atomic mass is 16.7. The molecule has 0 saturated carbocycles. The highest BCUT2D eigenvalue weighted by Crippen LogP contribution is 2.51. The summed E-state index contributed by atoms with van der Waals surface area (Å²) in [5.41, 5.74) is 1.76. The predicted octanol–water partition coefficient (Wildman–Crippen LogP) is 4.16. The maximum absolute atomic E-state index is 14.0. The van der Waals surface area contributed by atoms with E-state index in [4.69, 9.17) is 23.8 Å². The van der Waals surface area contributed by atoms with Gasteiger partial charge in [0.15, 0.2) is 17.6 Å². The molecule has 0 N–H and O–H groups in total. The summed E-state index contributed by atoms with van der Waals surface area (Å²) in [4.78, 5) is 35.0. The first-order chi connectivity index (χ1) is 18.0. The van der Waals surface area contributed by atoms with Crippen LogP contribution in [0.1, 0.15) is 18.5 Å². The van der Waals surface area contributed by atoms with Crippen molar-refractivity contribution < 1.29 is 33.4 Å². The van der Waals surface area contributed by atoms with Crippen LogP contribution in [0.3, 0.4) is 0 Å². The number of fused-ring (bicyclic) bond motifs is 1. The molecule has 0 aliphatic carbocycles. The fourth-order valence-electron chi connectivity index (χ4n) is 4.95. The summed E-state index contributed by atoms with van der Waals surface area (Å²) in [7, 11) is 4.61.